The number of hydrogen-bond acceptors (Lipinski definition) is 1. The molecule has 0 aliphatic heterocycles. The van der Waals surface area contributed by atoms with Gasteiger partial charge in [0.05, 0.1) is 0 Å². The molecule has 2 heteroatoms. The highest BCUT2D eigenvalue weighted by Gasteiger charge is 1.83. The third-order valence-electron chi connectivity index (χ3n) is 0.750. The number of halogens is 1. The van der Waals surface area contributed by atoms with Gasteiger partial charge in [-0.25, -0.2) is 4.98 Å². The van der Waals surface area contributed by atoms with Crippen molar-refractivity contribution in [1.29, 1.82) is 0 Å². The van der Waals surface area contributed by atoms with E-state index in [2.05, 4.69) is 4.98 Å². The smallest absolute Gasteiger partial charge is 0.129 e. The van der Waals surface area contributed by atoms with Crippen LogP contribution in [0, 0.1) is 6.92 Å². The van der Waals surface area contributed by atoms with Gasteiger partial charge in [-0.3, -0.25) is 0 Å². The highest BCUT2D eigenvalue weighted by Crippen LogP contribution is 2.02. The van der Waals surface area contributed by atoms with Crippen LogP contribution in [0.25, 0.3) is 0 Å². The van der Waals surface area contributed by atoms with Crippen molar-refractivity contribution in [1.82, 2.24) is 4.98 Å². The molecule has 0 amide bonds. The van der Waals surface area contributed by atoms with E-state index in [0.717, 1.165) is 0 Å². The third-order valence-corrected chi connectivity index (χ3v) is 0.974. The maximum atomic E-state index is 5.44. The fraction of sp³-hybridized carbons (Fsp3) is 0. The standard InChI is InChI=1S/C6H4ClN/c1-5-2-3-6(7)8-4-5/h1-4H. The highest BCUT2D eigenvalue weighted by atomic mass is 35.5. The van der Waals surface area contributed by atoms with E-state index in [4.69, 9.17) is 18.5 Å². The molecule has 1 nitrogen and oxygen atoms in total. The summed E-state index contributed by atoms with van der Waals surface area (Å²) in [6.45, 7) is 5.31. The molecule has 2 radical (unpaired) electrons. The SMILES string of the molecule is [CH]c1ccc(Cl)nc1. The third kappa shape index (κ3) is 1.20. The Morgan fingerprint density at radius 1 is 1.50 bits per heavy atom. The van der Waals surface area contributed by atoms with Gasteiger partial charge in [-0.15, -0.1) is 0 Å². The highest BCUT2D eigenvalue weighted by molar-refractivity contribution is 6.29. The molecular weight excluding hydrogens is 122 g/mol. The maximum Gasteiger partial charge on any atom is 0.129 e. The zero-order valence-corrected chi connectivity index (χ0v) is 4.89. The van der Waals surface area contributed by atoms with E-state index in [1.165, 1.54) is 6.20 Å². The predicted molar refractivity (Wildman–Crippen MR) is 32.6 cm³/mol. The molecule has 40 valence electrons. The Morgan fingerprint density at radius 3 is 2.62 bits per heavy atom. The summed E-state index contributed by atoms with van der Waals surface area (Å²) in [5, 5.41) is 0.471. The number of hydrogen-bond donors (Lipinski definition) is 0. The van der Waals surface area contributed by atoms with Crippen LogP contribution in [0.5, 0.6) is 0 Å². The molecule has 0 aromatic carbocycles. The molecule has 0 saturated carbocycles. The van der Waals surface area contributed by atoms with Gasteiger partial charge in [-0.05, 0) is 11.6 Å². The van der Waals surface area contributed by atoms with Crippen LogP contribution < -0.4 is 0 Å². The fourth-order valence-corrected chi connectivity index (χ4v) is 0.499. The largest absolute Gasteiger partial charge is 0.244 e. The molecule has 1 heterocycles. The summed E-state index contributed by atoms with van der Waals surface area (Å²) in [4.78, 5) is 3.72. The zero-order chi connectivity index (χ0) is 5.98. The Bertz CT molecular complexity index is 147. The van der Waals surface area contributed by atoms with Crippen molar-refractivity contribution in [3.8, 4) is 0 Å². The molecule has 1 aromatic rings. The van der Waals surface area contributed by atoms with Gasteiger partial charge in [0.2, 0.25) is 0 Å². The molecule has 0 spiro atoms. The van der Waals surface area contributed by atoms with Crippen LogP contribution in [0.2, 0.25) is 5.15 Å². The van der Waals surface area contributed by atoms with Crippen molar-refractivity contribution < 1.29 is 0 Å². The van der Waals surface area contributed by atoms with Crippen molar-refractivity contribution >= 4 is 11.6 Å². The minimum atomic E-state index is 0.471. The second-order valence-corrected chi connectivity index (χ2v) is 1.80. The van der Waals surface area contributed by atoms with Gasteiger partial charge in [0.25, 0.3) is 0 Å². The summed E-state index contributed by atoms with van der Waals surface area (Å²) >= 11 is 5.44. The van der Waals surface area contributed by atoms with Crippen LogP contribution in [0.3, 0.4) is 0 Å². The lowest BCUT2D eigenvalue weighted by Gasteiger charge is -1.87. The van der Waals surface area contributed by atoms with E-state index in [-0.39, 0.29) is 0 Å². The monoisotopic (exact) mass is 125 g/mol. The fourth-order valence-electron chi connectivity index (χ4n) is 0.387. The van der Waals surface area contributed by atoms with Crippen LogP contribution in [0.15, 0.2) is 18.3 Å². The summed E-state index contributed by atoms with van der Waals surface area (Å²) in [6.07, 6.45) is 1.52. The Hall–Kier alpha value is -0.560. The van der Waals surface area contributed by atoms with Crippen molar-refractivity contribution in [2.24, 2.45) is 0 Å². The first kappa shape index (κ1) is 5.57. The van der Waals surface area contributed by atoms with Crippen molar-refractivity contribution in [2.45, 2.75) is 0 Å². The van der Waals surface area contributed by atoms with Gasteiger partial charge in [-0.2, -0.15) is 0 Å². The van der Waals surface area contributed by atoms with Crippen LogP contribution in [-0.4, -0.2) is 4.98 Å². The summed E-state index contributed by atoms with van der Waals surface area (Å²) in [5.74, 6) is 0. The number of pyridine rings is 1. The molecule has 0 atom stereocenters. The average molecular weight is 126 g/mol. The van der Waals surface area contributed by atoms with E-state index < -0.39 is 0 Å². The van der Waals surface area contributed by atoms with Gasteiger partial charge in [-0.1, -0.05) is 17.7 Å². The van der Waals surface area contributed by atoms with E-state index in [0.29, 0.717) is 10.7 Å². The van der Waals surface area contributed by atoms with Crippen molar-refractivity contribution in [3.05, 3.63) is 36.0 Å². The first-order valence-corrected chi connectivity index (χ1v) is 2.54. The summed E-state index contributed by atoms with van der Waals surface area (Å²) in [5.41, 5.74) is 0.634. The predicted octanol–water partition coefficient (Wildman–Crippen LogP) is 1.79. The molecule has 0 fully saturated rings. The Balaban J connectivity index is 3.03. The molecule has 8 heavy (non-hydrogen) atoms. The maximum absolute atomic E-state index is 5.44. The van der Waals surface area contributed by atoms with Gasteiger partial charge in [0.1, 0.15) is 5.15 Å². The molecule has 0 N–H and O–H groups in total. The topological polar surface area (TPSA) is 12.9 Å². The summed E-state index contributed by atoms with van der Waals surface area (Å²) in [6, 6.07) is 3.35. The van der Waals surface area contributed by atoms with E-state index in [1.54, 1.807) is 12.1 Å². The summed E-state index contributed by atoms with van der Waals surface area (Å²) in [7, 11) is 0. The van der Waals surface area contributed by atoms with Gasteiger partial charge < -0.3 is 0 Å². The number of rotatable bonds is 0. The van der Waals surface area contributed by atoms with Crippen molar-refractivity contribution in [2.75, 3.05) is 0 Å². The second kappa shape index (κ2) is 2.14. The van der Waals surface area contributed by atoms with Gasteiger partial charge in [0.15, 0.2) is 0 Å². The lowest BCUT2D eigenvalue weighted by atomic mass is 10.3. The molecule has 1 aromatic heterocycles. The molecule has 0 aliphatic carbocycles. The lowest BCUT2D eigenvalue weighted by Crippen LogP contribution is -1.73. The molecule has 0 saturated heterocycles. The first-order valence-electron chi connectivity index (χ1n) is 2.16. The second-order valence-electron chi connectivity index (χ2n) is 1.41. The normalized spacial score (nSPS) is 9.25. The van der Waals surface area contributed by atoms with Crippen LogP contribution in [-0.2, 0) is 0 Å². The Morgan fingerprint density at radius 2 is 2.25 bits per heavy atom. The van der Waals surface area contributed by atoms with E-state index in [1.807, 2.05) is 0 Å². The zero-order valence-electron chi connectivity index (χ0n) is 4.13. The molecule has 0 unspecified atom stereocenters. The molecule has 1 rings (SSSR count). The first-order chi connectivity index (χ1) is 3.79. The van der Waals surface area contributed by atoms with E-state index >= 15 is 0 Å². The summed E-state index contributed by atoms with van der Waals surface area (Å²) < 4.78 is 0. The van der Waals surface area contributed by atoms with Gasteiger partial charge >= 0.3 is 0 Å². The van der Waals surface area contributed by atoms with E-state index in [9.17, 15) is 0 Å². The lowest BCUT2D eigenvalue weighted by molar-refractivity contribution is 1.31. The van der Waals surface area contributed by atoms with Gasteiger partial charge in [0, 0.05) is 13.1 Å². The Labute approximate surface area is 53.3 Å². The Kier molecular flexibility index (Phi) is 1.49. The average Bonchev–Trinajstić information content (AvgIpc) is 1.77. The van der Waals surface area contributed by atoms with Crippen LogP contribution in [0.1, 0.15) is 5.56 Å². The van der Waals surface area contributed by atoms with Crippen LogP contribution in [0.4, 0.5) is 0 Å². The number of aromatic nitrogens is 1. The molecular formula is C6H4ClN. The molecule has 0 aliphatic rings. The molecule has 0 bridgehead atoms. The minimum Gasteiger partial charge on any atom is -0.244 e. The number of nitrogens with zero attached hydrogens (tertiary/aromatic N) is 1. The quantitative estimate of drug-likeness (QED) is 0.482. The van der Waals surface area contributed by atoms with Crippen LogP contribution >= 0.6 is 11.6 Å². The minimum absolute atomic E-state index is 0.471. The van der Waals surface area contributed by atoms with Crippen molar-refractivity contribution in [3.63, 3.8) is 0 Å².